The Bertz CT molecular complexity index is 773. The Labute approximate surface area is 131 Å². The Balaban J connectivity index is 1.66. The van der Waals surface area contributed by atoms with Crippen LogP contribution < -0.4 is 10.1 Å². The van der Waals surface area contributed by atoms with Gasteiger partial charge in [0.2, 0.25) is 0 Å². The second-order valence-electron chi connectivity index (χ2n) is 4.78. The van der Waals surface area contributed by atoms with Crippen molar-refractivity contribution in [2.45, 2.75) is 0 Å². The molecule has 2 aromatic rings. The molecule has 1 aliphatic rings. The number of Topliss-reactive ketones (excluding diaryl/α,β-unsaturated/α-hetero) is 1. The van der Waals surface area contributed by atoms with Gasteiger partial charge < -0.3 is 14.8 Å². The van der Waals surface area contributed by atoms with E-state index in [9.17, 15) is 14.4 Å². The predicted octanol–water partition coefficient (Wildman–Crippen LogP) is 1.45. The minimum Gasteiger partial charge on any atom is -0.482 e. The van der Waals surface area contributed by atoms with Crippen LogP contribution in [0.4, 0.5) is 5.69 Å². The van der Waals surface area contributed by atoms with Crippen LogP contribution in [0.1, 0.15) is 20.7 Å². The van der Waals surface area contributed by atoms with Crippen molar-refractivity contribution in [1.29, 1.82) is 0 Å². The fourth-order valence-corrected chi connectivity index (χ4v) is 2.04. The Morgan fingerprint density at radius 1 is 1.17 bits per heavy atom. The summed E-state index contributed by atoms with van der Waals surface area (Å²) in [6.45, 7) is -0.446. The van der Waals surface area contributed by atoms with E-state index in [0.717, 1.165) is 0 Å². The Hall–Kier alpha value is -3.22. The van der Waals surface area contributed by atoms with E-state index < -0.39 is 12.6 Å². The molecule has 0 spiro atoms. The van der Waals surface area contributed by atoms with Crippen molar-refractivity contribution in [3.8, 4) is 5.75 Å². The van der Waals surface area contributed by atoms with Gasteiger partial charge in [-0.25, -0.2) is 4.79 Å². The number of fused-ring (bicyclic) bond motifs is 1. The van der Waals surface area contributed by atoms with Crippen molar-refractivity contribution in [3.05, 3.63) is 53.9 Å². The molecule has 1 aromatic heterocycles. The third kappa shape index (κ3) is 3.34. The quantitative estimate of drug-likeness (QED) is 0.678. The molecule has 116 valence electrons. The van der Waals surface area contributed by atoms with Gasteiger partial charge in [-0.15, -0.1) is 0 Å². The molecule has 1 amide bonds. The number of nitrogens with one attached hydrogen (secondary N) is 1. The number of rotatable bonds is 4. The number of hydrogen-bond donors (Lipinski definition) is 1. The van der Waals surface area contributed by atoms with Crippen molar-refractivity contribution in [2.75, 3.05) is 18.5 Å². The van der Waals surface area contributed by atoms with Crippen LogP contribution in [0.2, 0.25) is 0 Å². The van der Waals surface area contributed by atoms with Crippen molar-refractivity contribution in [1.82, 2.24) is 4.98 Å². The van der Waals surface area contributed by atoms with E-state index in [2.05, 4.69) is 10.3 Å². The number of hydrogen-bond acceptors (Lipinski definition) is 6. The van der Waals surface area contributed by atoms with Gasteiger partial charge in [-0.1, -0.05) is 0 Å². The molecule has 23 heavy (non-hydrogen) atoms. The number of pyridine rings is 1. The number of nitrogens with zero attached hydrogens (tertiary/aromatic N) is 1. The van der Waals surface area contributed by atoms with Gasteiger partial charge in [-0.2, -0.15) is 0 Å². The summed E-state index contributed by atoms with van der Waals surface area (Å²) in [7, 11) is 0. The summed E-state index contributed by atoms with van der Waals surface area (Å²) >= 11 is 0. The molecule has 7 heteroatoms. The van der Waals surface area contributed by atoms with Gasteiger partial charge in [-0.3, -0.25) is 14.6 Å². The number of amides is 1. The maximum Gasteiger partial charge on any atom is 0.338 e. The van der Waals surface area contributed by atoms with Crippen LogP contribution in [0, 0.1) is 0 Å². The van der Waals surface area contributed by atoms with Crippen molar-refractivity contribution in [3.63, 3.8) is 0 Å². The average molecular weight is 312 g/mol. The summed E-state index contributed by atoms with van der Waals surface area (Å²) in [5.41, 5.74) is 1.06. The van der Waals surface area contributed by atoms with E-state index in [1.54, 1.807) is 12.1 Å². The van der Waals surface area contributed by atoms with Crippen LogP contribution in [-0.4, -0.2) is 35.9 Å². The van der Waals surface area contributed by atoms with Gasteiger partial charge in [-0.05, 0) is 30.3 Å². The highest BCUT2D eigenvalue weighted by Crippen LogP contribution is 2.28. The number of carbonyl (C=O) groups is 3. The molecule has 1 aliphatic heterocycles. The molecule has 0 saturated heterocycles. The number of ketones is 1. The topological polar surface area (TPSA) is 94.6 Å². The molecular formula is C16H12N2O5. The number of anilines is 1. The summed E-state index contributed by atoms with van der Waals surface area (Å²) in [5, 5.41) is 2.62. The zero-order chi connectivity index (χ0) is 16.2. The van der Waals surface area contributed by atoms with Crippen molar-refractivity contribution in [2.24, 2.45) is 0 Å². The first-order chi connectivity index (χ1) is 11.1. The number of carbonyl (C=O) groups excluding carboxylic acids is 3. The zero-order valence-corrected chi connectivity index (χ0v) is 11.9. The van der Waals surface area contributed by atoms with Crippen LogP contribution in [0.25, 0.3) is 0 Å². The molecule has 1 N–H and O–H groups in total. The molecule has 3 rings (SSSR count). The van der Waals surface area contributed by atoms with Gasteiger partial charge >= 0.3 is 5.97 Å². The number of esters is 1. The lowest BCUT2D eigenvalue weighted by molar-refractivity contribution is -0.118. The summed E-state index contributed by atoms with van der Waals surface area (Å²) in [6.07, 6.45) is 2.93. The third-order valence-corrected chi connectivity index (χ3v) is 3.18. The Morgan fingerprint density at radius 3 is 2.74 bits per heavy atom. The van der Waals surface area contributed by atoms with E-state index in [1.165, 1.54) is 30.6 Å². The van der Waals surface area contributed by atoms with E-state index in [0.29, 0.717) is 22.6 Å². The summed E-state index contributed by atoms with van der Waals surface area (Å²) in [5.74, 6) is -0.772. The second kappa shape index (κ2) is 6.27. The van der Waals surface area contributed by atoms with E-state index in [4.69, 9.17) is 9.47 Å². The smallest absolute Gasteiger partial charge is 0.338 e. The Kier molecular flexibility index (Phi) is 4.01. The second-order valence-corrected chi connectivity index (χ2v) is 4.78. The monoisotopic (exact) mass is 312 g/mol. The minimum absolute atomic E-state index is 0.0517. The number of benzene rings is 1. The van der Waals surface area contributed by atoms with Gasteiger partial charge in [0.1, 0.15) is 5.75 Å². The standard InChI is InChI=1S/C16H12N2O5/c19-13(8-23-16(21)10-3-5-17-6-4-10)11-1-2-14-12(7-11)18-15(20)9-22-14/h1-7H,8-9H2,(H,18,20). The van der Waals surface area contributed by atoms with E-state index >= 15 is 0 Å². The first-order valence-corrected chi connectivity index (χ1v) is 6.80. The van der Waals surface area contributed by atoms with Crippen LogP contribution in [0.5, 0.6) is 5.75 Å². The molecule has 0 radical (unpaired) electrons. The van der Waals surface area contributed by atoms with Gasteiger partial charge in [0.25, 0.3) is 5.91 Å². The average Bonchev–Trinajstić information content (AvgIpc) is 2.59. The molecule has 0 unspecified atom stereocenters. The molecule has 1 aromatic carbocycles. The number of ether oxygens (including phenoxy) is 2. The first-order valence-electron chi connectivity index (χ1n) is 6.80. The maximum absolute atomic E-state index is 12.1. The molecule has 0 aliphatic carbocycles. The fraction of sp³-hybridized carbons (Fsp3) is 0.125. The van der Waals surface area contributed by atoms with Crippen molar-refractivity contribution < 1.29 is 23.9 Å². The first kappa shape index (κ1) is 14.7. The lowest BCUT2D eigenvalue weighted by Gasteiger charge is -2.18. The Morgan fingerprint density at radius 2 is 1.96 bits per heavy atom. The molecule has 7 nitrogen and oxygen atoms in total. The van der Waals surface area contributed by atoms with Crippen LogP contribution in [-0.2, 0) is 9.53 Å². The van der Waals surface area contributed by atoms with Crippen LogP contribution in [0.3, 0.4) is 0 Å². The molecule has 2 heterocycles. The highest BCUT2D eigenvalue weighted by atomic mass is 16.5. The largest absolute Gasteiger partial charge is 0.482 e. The summed E-state index contributed by atoms with van der Waals surface area (Å²) in [6, 6.07) is 7.64. The van der Waals surface area contributed by atoms with Crippen LogP contribution >= 0.6 is 0 Å². The van der Waals surface area contributed by atoms with Crippen LogP contribution in [0.15, 0.2) is 42.7 Å². The predicted molar refractivity (Wildman–Crippen MR) is 79.4 cm³/mol. The molecule has 0 bridgehead atoms. The maximum atomic E-state index is 12.1. The molecule has 0 saturated carbocycles. The van der Waals surface area contributed by atoms with E-state index in [-0.39, 0.29) is 18.3 Å². The zero-order valence-electron chi connectivity index (χ0n) is 11.9. The van der Waals surface area contributed by atoms with Gasteiger partial charge in [0.05, 0.1) is 11.3 Å². The molecule has 0 fully saturated rings. The van der Waals surface area contributed by atoms with Gasteiger partial charge in [0, 0.05) is 18.0 Å². The normalized spacial score (nSPS) is 12.6. The summed E-state index contributed by atoms with van der Waals surface area (Å²) in [4.78, 5) is 39.0. The van der Waals surface area contributed by atoms with Crippen molar-refractivity contribution >= 4 is 23.3 Å². The lowest BCUT2D eigenvalue weighted by Crippen LogP contribution is -2.25. The molecular weight excluding hydrogens is 300 g/mol. The molecule has 0 atom stereocenters. The highest BCUT2D eigenvalue weighted by Gasteiger charge is 2.18. The third-order valence-electron chi connectivity index (χ3n) is 3.18. The minimum atomic E-state index is -0.602. The van der Waals surface area contributed by atoms with Gasteiger partial charge in [0.15, 0.2) is 19.0 Å². The SMILES string of the molecule is O=C1COc2ccc(C(=O)COC(=O)c3ccncc3)cc2N1. The lowest BCUT2D eigenvalue weighted by atomic mass is 10.1. The summed E-state index contributed by atoms with van der Waals surface area (Å²) < 4.78 is 10.2. The van der Waals surface area contributed by atoms with E-state index in [1.807, 2.05) is 0 Å². The highest BCUT2D eigenvalue weighted by molar-refractivity contribution is 6.02. The fourth-order valence-electron chi connectivity index (χ4n) is 2.04. The number of aromatic nitrogens is 1.